The maximum Gasteiger partial charge on any atom is 0.252 e. The van der Waals surface area contributed by atoms with E-state index in [1.807, 2.05) is 24.3 Å². The van der Waals surface area contributed by atoms with E-state index in [2.05, 4.69) is 10.3 Å². The predicted molar refractivity (Wildman–Crippen MR) is 94.2 cm³/mol. The molecular formula is C18H22N4O2. The zero-order chi connectivity index (χ0) is 17.3. The normalized spacial score (nSPS) is 13.6. The number of aromatic nitrogens is 1. The number of carbonyl (C=O) groups excluding carboxylic acids is 2. The minimum Gasteiger partial charge on any atom is -0.350 e. The Bertz CT molecular complexity index is 784. The summed E-state index contributed by atoms with van der Waals surface area (Å²) in [6.45, 7) is 0.210. The molecule has 0 bridgehead atoms. The van der Waals surface area contributed by atoms with Gasteiger partial charge in [-0.05, 0) is 25.0 Å². The highest BCUT2D eigenvalue weighted by molar-refractivity contribution is 6.07. The minimum atomic E-state index is -0.0790. The van der Waals surface area contributed by atoms with Crippen molar-refractivity contribution >= 4 is 28.5 Å². The lowest BCUT2D eigenvalue weighted by Gasteiger charge is -2.21. The van der Waals surface area contributed by atoms with Crippen LogP contribution >= 0.6 is 0 Å². The van der Waals surface area contributed by atoms with Crippen LogP contribution in [0, 0.1) is 0 Å². The first-order valence-electron chi connectivity index (χ1n) is 8.07. The predicted octanol–water partition coefficient (Wildman–Crippen LogP) is 1.65. The molecule has 1 saturated carbocycles. The molecule has 0 atom stereocenters. The summed E-state index contributed by atoms with van der Waals surface area (Å²) in [5, 5.41) is 3.85. The molecule has 1 N–H and O–H groups in total. The number of benzene rings is 1. The number of amides is 2. The van der Waals surface area contributed by atoms with Crippen LogP contribution in [0.15, 0.2) is 30.3 Å². The first-order valence-corrected chi connectivity index (χ1v) is 8.07. The highest BCUT2D eigenvalue weighted by Gasteiger charge is 2.25. The average molecular weight is 326 g/mol. The molecule has 0 saturated heterocycles. The summed E-state index contributed by atoms with van der Waals surface area (Å²) >= 11 is 0. The van der Waals surface area contributed by atoms with Crippen LogP contribution in [0.2, 0.25) is 0 Å². The van der Waals surface area contributed by atoms with E-state index in [1.165, 1.54) is 4.90 Å². The fraction of sp³-hybridized carbons (Fsp3) is 0.389. The number of hydrogen-bond acceptors (Lipinski definition) is 4. The molecule has 1 aliphatic carbocycles. The number of hydrogen-bond donors (Lipinski definition) is 1. The van der Waals surface area contributed by atoms with Crippen molar-refractivity contribution in [2.75, 3.05) is 32.6 Å². The number of likely N-dealkylation sites (N-methyl/N-ethyl adjacent to an activating group) is 2. The molecule has 0 aliphatic heterocycles. The molecule has 1 aromatic carbocycles. The Kier molecular flexibility index (Phi) is 4.38. The van der Waals surface area contributed by atoms with Crippen LogP contribution in [0.25, 0.3) is 10.9 Å². The number of rotatable bonds is 5. The standard InChI is InChI=1S/C18H22N4O2/c1-21(2)17(23)11-22(3)16-10-14(18(24)19-12-8-9-12)13-6-4-5-7-15(13)20-16/h4-7,10,12H,8-9,11H2,1-3H3,(H,19,24). The van der Waals surface area contributed by atoms with Crippen molar-refractivity contribution in [3.8, 4) is 0 Å². The monoisotopic (exact) mass is 326 g/mol. The molecule has 2 aromatic rings. The Balaban J connectivity index is 1.96. The van der Waals surface area contributed by atoms with Gasteiger partial charge in [-0.2, -0.15) is 0 Å². The van der Waals surface area contributed by atoms with Crippen molar-refractivity contribution in [2.24, 2.45) is 0 Å². The van der Waals surface area contributed by atoms with Crippen molar-refractivity contribution in [1.82, 2.24) is 15.2 Å². The highest BCUT2D eigenvalue weighted by Crippen LogP contribution is 2.25. The second kappa shape index (κ2) is 6.47. The second-order valence-corrected chi connectivity index (χ2v) is 6.44. The van der Waals surface area contributed by atoms with Crippen molar-refractivity contribution in [3.05, 3.63) is 35.9 Å². The summed E-state index contributed by atoms with van der Waals surface area (Å²) in [5.74, 6) is 0.519. The van der Waals surface area contributed by atoms with Gasteiger partial charge in [-0.1, -0.05) is 18.2 Å². The summed E-state index contributed by atoms with van der Waals surface area (Å²) in [6.07, 6.45) is 2.08. The lowest BCUT2D eigenvalue weighted by molar-refractivity contribution is -0.127. The van der Waals surface area contributed by atoms with E-state index in [-0.39, 0.29) is 18.4 Å². The summed E-state index contributed by atoms with van der Waals surface area (Å²) in [6, 6.07) is 9.64. The molecule has 1 aromatic heterocycles. The third-order valence-corrected chi connectivity index (χ3v) is 4.12. The van der Waals surface area contributed by atoms with E-state index < -0.39 is 0 Å². The Morgan fingerprint density at radius 2 is 1.92 bits per heavy atom. The molecule has 0 unspecified atom stereocenters. The Morgan fingerprint density at radius 3 is 2.58 bits per heavy atom. The number of fused-ring (bicyclic) bond motifs is 1. The average Bonchev–Trinajstić information content (AvgIpc) is 3.37. The number of nitrogens with zero attached hydrogens (tertiary/aromatic N) is 3. The zero-order valence-corrected chi connectivity index (χ0v) is 14.2. The van der Waals surface area contributed by atoms with Crippen LogP contribution in [0.5, 0.6) is 0 Å². The smallest absolute Gasteiger partial charge is 0.252 e. The molecule has 3 rings (SSSR count). The molecule has 6 nitrogen and oxygen atoms in total. The van der Waals surface area contributed by atoms with Gasteiger partial charge in [0.1, 0.15) is 5.82 Å². The molecule has 24 heavy (non-hydrogen) atoms. The molecule has 1 fully saturated rings. The summed E-state index contributed by atoms with van der Waals surface area (Å²) in [7, 11) is 5.25. The quantitative estimate of drug-likeness (QED) is 0.907. The van der Waals surface area contributed by atoms with Gasteiger partial charge in [0.15, 0.2) is 0 Å². The van der Waals surface area contributed by atoms with E-state index in [9.17, 15) is 9.59 Å². The van der Waals surface area contributed by atoms with Crippen LogP contribution in [-0.2, 0) is 4.79 Å². The lowest BCUT2D eigenvalue weighted by atomic mass is 10.1. The minimum absolute atomic E-state index is 0.0172. The van der Waals surface area contributed by atoms with E-state index in [0.717, 1.165) is 23.7 Å². The molecule has 0 radical (unpaired) electrons. The number of anilines is 1. The maximum atomic E-state index is 12.6. The van der Waals surface area contributed by atoms with Gasteiger partial charge in [-0.3, -0.25) is 9.59 Å². The Hall–Kier alpha value is -2.63. The van der Waals surface area contributed by atoms with Crippen molar-refractivity contribution in [2.45, 2.75) is 18.9 Å². The zero-order valence-electron chi connectivity index (χ0n) is 14.2. The van der Waals surface area contributed by atoms with Crippen molar-refractivity contribution in [1.29, 1.82) is 0 Å². The topological polar surface area (TPSA) is 65.5 Å². The van der Waals surface area contributed by atoms with Gasteiger partial charge >= 0.3 is 0 Å². The van der Waals surface area contributed by atoms with Crippen LogP contribution in [0.3, 0.4) is 0 Å². The molecule has 2 amide bonds. The van der Waals surface area contributed by atoms with E-state index in [0.29, 0.717) is 17.4 Å². The number of pyridine rings is 1. The van der Waals surface area contributed by atoms with Gasteiger partial charge in [0.2, 0.25) is 5.91 Å². The molecule has 1 heterocycles. The van der Waals surface area contributed by atoms with Gasteiger partial charge < -0.3 is 15.1 Å². The molecular weight excluding hydrogens is 304 g/mol. The maximum absolute atomic E-state index is 12.6. The summed E-state index contributed by atoms with van der Waals surface area (Å²) < 4.78 is 0. The van der Waals surface area contributed by atoms with Gasteiger partial charge in [0.25, 0.3) is 5.91 Å². The first kappa shape index (κ1) is 16.2. The van der Waals surface area contributed by atoms with E-state index >= 15 is 0 Å². The van der Waals surface area contributed by atoms with Gasteiger partial charge in [-0.25, -0.2) is 4.98 Å². The Morgan fingerprint density at radius 1 is 1.21 bits per heavy atom. The fourth-order valence-electron chi connectivity index (χ4n) is 2.46. The largest absolute Gasteiger partial charge is 0.350 e. The van der Waals surface area contributed by atoms with E-state index in [4.69, 9.17) is 0 Å². The molecule has 126 valence electrons. The number of para-hydroxylation sites is 1. The van der Waals surface area contributed by atoms with Gasteiger partial charge in [0.05, 0.1) is 17.6 Å². The lowest BCUT2D eigenvalue weighted by Crippen LogP contribution is -2.35. The summed E-state index contributed by atoms with van der Waals surface area (Å²) in [4.78, 5) is 32.4. The number of carbonyl (C=O) groups is 2. The third kappa shape index (κ3) is 3.48. The van der Waals surface area contributed by atoms with E-state index in [1.54, 1.807) is 32.1 Å². The number of nitrogens with one attached hydrogen (secondary N) is 1. The van der Waals surface area contributed by atoms with Crippen molar-refractivity contribution < 1.29 is 9.59 Å². The van der Waals surface area contributed by atoms with Gasteiger partial charge in [0, 0.05) is 32.6 Å². The first-order chi connectivity index (χ1) is 11.5. The third-order valence-electron chi connectivity index (χ3n) is 4.12. The Labute approximate surface area is 141 Å². The molecule has 0 spiro atoms. The fourth-order valence-corrected chi connectivity index (χ4v) is 2.46. The van der Waals surface area contributed by atoms with Crippen LogP contribution < -0.4 is 10.2 Å². The van der Waals surface area contributed by atoms with Crippen LogP contribution in [-0.4, -0.2) is 55.4 Å². The molecule has 1 aliphatic rings. The summed E-state index contributed by atoms with van der Waals surface area (Å²) in [5.41, 5.74) is 1.35. The second-order valence-electron chi connectivity index (χ2n) is 6.44. The van der Waals surface area contributed by atoms with Crippen LogP contribution in [0.4, 0.5) is 5.82 Å². The van der Waals surface area contributed by atoms with Gasteiger partial charge in [-0.15, -0.1) is 0 Å². The van der Waals surface area contributed by atoms with Crippen molar-refractivity contribution in [3.63, 3.8) is 0 Å². The van der Waals surface area contributed by atoms with Crippen LogP contribution in [0.1, 0.15) is 23.2 Å². The molecule has 6 heteroatoms. The highest BCUT2D eigenvalue weighted by atomic mass is 16.2. The SMILES string of the molecule is CN(C)C(=O)CN(C)c1cc(C(=O)NC2CC2)c2ccccc2n1.